The minimum Gasteiger partial charge on any atom is -0.333 e. The Hall–Kier alpha value is -3.73. The van der Waals surface area contributed by atoms with Crippen molar-refractivity contribution in [3.8, 4) is 0 Å². The van der Waals surface area contributed by atoms with E-state index in [2.05, 4.69) is 0 Å². The lowest BCUT2D eigenvalue weighted by Gasteiger charge is -2.29. The zero-order chi connectivity index (χ0) is 22.5. The predicted octanol–water partition coefficient (Wildman–Crippen LogP) is 4.60. The van der Waals surface area contributed by atoms with Crippen LogP contribution >= 0.6 is 0 Å². The first-order valence-corrected chi connectivity index (χ1v) is 10.9. The molecule has 0 spiro atoms. The van der Waals surface area contributed by atoms with Crippen molar-refractivity contribution < 1.29 is 4.79 Å². The van der Waals surface area contributed by atoms with Crippen LogP contribution in [0.4, 0.5) is 0 Å². The molecule has 32 heavy (non-hydrogen) atoms. The topological polar surface area (TPSA) is 55.2 Å². The van der Waals surface area contributed by atoms with Gasteiger partial charge in [0.25, 0.3) is 5.56 Å². The van der Waals surface area contributed by atoms with E-state index in [1.54, 1.807) is 15.5 Å². The monoisotopic (exact) mass is 425 g/mol. The fourth-order valence-corrected chi connectivity index (χ4v) is 4.10. The molecule has 0 aliphatic carbocycles. The number of rotatable bonds is 7. The van der Waals surface area contributed by atoms with Crippen molar-refractivity contribution in [3.05, 3.63) is 112 Å². The summed E-state index contributed by atoms with van der Waals surface area (Å²) in [5.41, 5.74) is 2.54. The van der Waals surface area contributed by atoms with E-state index >= 15 is 0 Å². The van der Waals surface area contributed by atoms with Crippen LogP contribution in [0.1, 0.15) is 36.8 Å². The van der Waals surface area contributed by atoms with E-state index in [4.69, 9.17) is 4.98 Å². The molecule has 4 aromatic rings. The van der Waals surface area contributed by atoms with Crippen molar-refractivity contribution in [2.45, 2.75) is 32.9 Å². The Morgan fingerprint density at radius 1 is 0.906 bits per heavy atom. The summed E-state index contributed by atoms with van der Waals surface area (Å²) in [5.74, 6) is 0.612. The van der Waals surface area contributed by atoms with Gasteiger partial charge in [0.05, 0.1) is 29.9 Å². The Morgan fingerprint density at radius 3 is 2.16 bits per heavy atom. The third kappa shape index (κ3) is 4.47. The second-order valence-corrected chi connectivity index (χ2v) is 7.88. The number of carbonyl (C=O) groups excluding carboxylic acids is 1. The van der Waals surface area contributed by atoms with Crippen LogP contribution < -0.4 is 5.56 Å². The molecule has 1 aromatic heterocycles. The second-order valence-electron chi connectivity index (χ2n) is 7.88. The first kappa shape index (κ1) is 21.5. The van der Waals surface area contributed by atoms with Gasteiger partial charge in [0, 0.05) is 6.54 Å². The molecule has 0 radical (unpaired) electrons. The summed E-state index contributed by atoms with van der Waals surface area (Å²) in [6.07, 6.45) is 0.315. The van der Waals surface area contributed by atoms with Crippen LogP contribution in [0.15, 0.2) is 89.7 Å². The van der Waals surface area contributed by atoms with Gasteiger partial charge < -0.3 is 4.90 Å². The van der Waals surface area contributed by atoms with Crippen LogP contribution in [-0.2, 0) is 17.8 Å². The van der Waals surface area contributed by atoms with Crippen LogP contribution in [0.2, 0.25) is 0 Å². The van der Waals surface area contributed by atoms with Crippen molar-refractivity contribution in [1.29, 1.82) is 0 Å². The third-order valence-electron chi connectivity index (χ3n) is 5.78. The minimum absolute atomic E-state index is 0.0138. The summed E-state index contributed by atoms with van der Waals surface area (Å²) in [5, 5.41) is 0.582. The molecule has 162 valence electrons. The quantitative estimate of drug-likeness (QED) is 0.435. The van der Waals surface area contributed by atoms with E-state index in [0.717, 1.165) is 11.1 Å². The smallest absolute Gasteiger partial charge is 0.261 e. The highest BCUT2D eigenvalue weighted by Crippen LogP contribution is 2.22. The zero-order valence-corrected chi connectivity index (χ0v) is 18.4. The number of amides is 1. The maximum absolute atomic E-state index is 13.4. The summed E-state index contributed by atoms with van der Waals surface area (Å²) >= 11 is 0. The average molecular weight is 426 g/mol. The van der Waals surface area contributed by atoms with Crippen LogP contribution in [0.5, 0.6) is 0 Å². The molecule has 1 atom stereocenters. The van der Waals surface area contributed by atoms with Gasteiger partial charge in [0.15, 0.2) is 0 Å². The molecule has 3 aromatic carbocycles. The molecule has 0 aliphatic heterocycles. The van der Waals surface area contributed by atoms with E-state index in [1.807, 2.05) is 92.7 Å². The number of hydrogen-bond acceptors (Lipinski definition) is 3. The lowest BCUT2D eigenvalue weighted by Crippen LogP contribution is -2.38. The third-order valence-corrected chi connectivity index (χ3v) is 5.78. The fraction of sp³-hybridized carbons (Fsp3) is 0.222. The molecular formula is C27H27N3O2. The lowest BCUT2D eigenvalue weighted by atomic mass is 10.1. The van der Waals surface area contributed by atoms with Gasteiger partial charge in [-0.3, -0.25) is 14.2 Å². The number of carbonyl (C=O) groups is 1. The van der Waals surface area contributed by atoms with Crippen molar-refractivity contribution in [1.82, 2.24) is 14.5 Å². The number of para-hydroxylation sites is 1. The lowest BCUT2D eigenvalue weighted by molar-refractivity contribution is -0.132. The number of benzene rings is 3. The normalized spacial score (nSPS) is 11.9. The zero-order valence-electron chi connectivity index (χ0n) is 18.4. The van der Waals surface area contributed by atoms with Crippen molar-refractivity contribution in [2.75, 3.05) is 6.54 Å². The molecule has 0 aliphatic rings. The molecule has 0 N–H and O–H groups in total. The molecular weight excluding hydrogens is 398 g/mol. The molecule has 0 saturated heterocycles. The van der Waals surface area contributed by atoms with Crippen molar-refractivity contribution in [3.63, 3.8) is 0 Å². The molecule has 1 amide bonds. The van der Waals surface area contributed by atoms with E-state index in [0.29, 0.717) is 36.2 Å². The van der Waals surface area contributed by atoms with Gasteiger partial charge in [-0.25, -0.2) is 4.98 Å². The molecule has 5 heteroatoms. The average Bonchev–Trinajstić information content (AvgIpc) is 2.82. The molecule has 0 saturated carbocycles. The Morgan fingerprint density at radius 2 is 1.50 bits per heavy atom. The Balaban J connectivity index is 1.76. The number of nitrogens with zero attached hydrogens (tertiary/aromatic N) is 3. The Kier molecular flexibility index (Phi) is 6.45. The molecule has 1 heterocycles. The molecule has 4 rings (SSSR count). The fourth-order valence-electron chi connectivity index (χ4n) is 4.10. The van der Waals surface area contributed by atoms with Crippen LogP contribution in [-0.4, -0.2) is 26.9 Å². The highest BCUT2D eigenvalue weighted by atomic mass is 16.2. The first-order valence-electron chi connectivity index (χ1n) is 10.9. The van der Waals surface area contributed by atoms with Gasteiger partial charge in [0.2, 0.25) is 5.91 Å². The number of likely N-dealkylation sites (N-methyl/N-ethyl adjacent to an activating group) is 1. The molecule has 0 fully saturated rings. The summed E-state index contributed by atoms with van der Waals surface area (Å²) in [6.45, 7) is 4.84. The molecule has 0 unspecified atom stereocenters. The maximum atomic E-state index is 13.4. The van der Waals surface area contributed by atoms with Gasteiger partial charge in [-0.1, -0.05) is 72.8 Å². The Bertz CT molecular complexity index is 1270. The predicted molar refractivity (Wildman–Crippen MR) is 127 cm³/mol. The molecule has 0 bridgehead atoms. The summed E-state index contributed by atoms with van der Waals surface area (Å²) in [6, 6.07) is 26.6. The minimum atomic E-state index is -0.350. The highest BCUT2D eigenvalue weighted by Gasteiger charge is 2.25. The van der Waals surface area contributed by atoms with Gasteiger partial charge >= 0.3 is 0 Å². The van der Waals surface area contributed by atoms with Gasteiger partial charge in [-0.2, -0.15) is 0 Å². The largest absolute Gasteiger partial charge is 0.333 e. The Labute approximate surface area is 188 Å². The van der Waals surface area contributed by atoms with E-state index in [-0.39, 0.29) is 17.5 Å². The summed E-state index contributed by atoms with van der Waals surface area (Å²) in [4.78, 5) is 33.3. The van der Waals surface area contributed by atoms with Crippen molar-refractivity contribution in [2.24, 2.45) is 0 Å². The maximum Gasteiger partial charge on any atom is 0.261 e. The second kappa shape index (κ2) is 9.60. The number of hydrogen-bond donors (Lipinski definition) is 0. The van der Waals surface area contributed by atoms with Gasteiger partial charge in [0.1, 0.15) is 5.82 Å². The van der Waals surface area contributed by atoms with Gasteiger partial charge in [-0.05, 0) is 37.1 Å². The summed E-state index contributed by atoms with van der Waals surface area (Å²) < 4.78 is 1.71. The van der Waals surface area contributed by atoms with Crippen LogP contribution in [0, 0.1) is 0 Å². The SMILES string of the molecule is CCN(C(=O)Cc1ccccc1)[C@H](C)c1nc2ccccc2c(=O)n1Cc1ccccc1. The summed E-state index contributed by atoms with van der Waals surface area (Å²) in [7, 11) is 0. The van der Waals surface area contributed by atoms with E-state index < -0.39 is 0 Å². The first-order chi connectivity index (χ1) is 15.6. The molecule has 5 nitrogen and oxygen atoms in total. The van der Waals surface area contributed by atoms with Gasteiger partial charge in [-0.15, -0.1) is 0 Å². The van der Waals surface area contributed by atoms with E-state index in [9.17, 15) is 9.59 Å². The highest BCUT2D eigenvalue weighted by molar-refractivity contribution is 5.80. The number of fused-ring (bicyclic) bond motifs is 1. The van der Waals surface area contributed by atoms with Crippen molar-refractivity contribution >= 4 is 16.8 Å². The van der Waals surface area contributed by atoms with E-state index in [1.165, 1.54) is 0 Å². The van der Waals surface area contributed by atoms with Crippen LogP contribution in [0.3, 0.4) is 0 Å². The number of aromatic nitrogens is 2. The van der Waals surface area contributed by atoms with Crippen LogP contribution in [0.25, 0.3) is 10.9 Å². The standard InChI is InChI=1S/C27H27N3O2/c1-3-29(25(31)18-21-12-6-4-7-13-21)20(2)26-28-24-17-11-10-16-23(24)27(32)30(26)19-22-14-8-5-9-15-22/h4-17,20H,3,18-19H2,1-2H3/t20-/m1/s1.